The van der Waals surface area contributed by atoms with Crippen molar-refractivity contribution in [3.63, 3.8) is 0 Å². The van der Waals surface area contributed by atoms with E-state index in [0.717, 1.165) is 0 Å². The van der Waals surface area contributed by atoms with Gasteiger partial charge in [-0.05, 0) is 48.5 Å². The lowest BCUT2D eigenvalue weighted by atomic mass is 10.1. The van der Waals surface area contributed by atoms with Crippen molar-refractivity contribution in [3.05, 3.63) is 119 Å². The topological polar surface area (TPSA) is 143 Å². The van der Waals surface area contributed by atoms with E-state index in [1.807, 2.05) is 0 Å². The van der Waals surface area contributed by atoms with Crippen molar-refractivity contribution in [3.8, 4) is 0 Å². The zero-order valence-electron chi connectivity index (χ0n) is 22.2. The first-order valence-corrected chi connectivity index (χ1v) is 12.4. The van der Waals surface area contributed by atoms with Crippen LogP contribution in [0.5, 0.6) is 0 Å². The molecule has 10 nitrogen and oxygen atoms in total. The number of carbonyl (C=O) groups excluding carboxylic acids is 5. The standard InChI is InChI=1S/C31H26N4O6/c1-19(36)32-24-15-7-3-11-20(24)28(37)33-25-16-8-4-12-21(25)29(38)34-26-17-9-5-13-22(26)30(39)35-27-18-10-6-14-23(27)31(40)41-2/h3-18H,1-2H3,(H,32,36)(H,33,37)(H,34,38)(H,35,39). The van der Waals surface area contributed by atoms with Gasteiger partial charge in [-0.2, -0.15) is 0 Å². The summed E-state index contributed by atoms with van der Waals surface area (Å²) in [4.78, 5) is 63.3. The SMILES string of the molecule is COC(=O)c1ccccc1NC(=O)c1ccccc1NC(=O)c1ccccc1NC(=O)c1ccccc1NC(C)=O. The number of methoxy groups -OCH3 is 1. The minimum atomic E-state index is -0.610. The smallest absolute Gasteiger partial charge is 0.339 e. The van der Waals surface area contributed by atoms with E-state index in [4.69, 9.17) is 4.74 Å². The predicted molar refractivity (Wildman–Crippen MR) is 155 cm³/mol. The molecule has 0 atom stereocenters. The van der Waals surface area contributed by atoms with Crippen molar-refractivity contribution < 1.29 is 28.7 Å². The molecule has 206 valence electrons. The maximum atomic E-state index is 13.4. The average molecular weight is 551 g/mol. The molecular weight excluding hydrogens is 524 g/mol. The summed E-state index contributed by atoms with van der Waals surface area (Å²) in [5.74, 6) is -2.61. The lowest BCUT2D eigenvalue weighted by Crippen LogP contribution is -2.21. The molecule has 0 aliphatic rings. The highest BCUT2D eigenvalue weighted by atomic mass is 16.5. The lowest BCUT2D eigenvalue weighted by molar-refractivity contribution is -0.114. The molecule has 0 fully saturated rings. The molecule has 0 radical (unpaired) electrons. The van der Waals surface area contributed by atoms with Crippen molar-refractivity contribution in [1.29, 1.82) is 0 Å². The van der Waals surface area contributed by atoms with E-state index in [0.29, 0.717) is 5.69 Å². The zero-order valence-corrected chi connectivity index (χ0v) is 22.2. The van der Waals surface area contributed by atoms with E-state index >= 15 is 0 Å². The Balaban J connectivity index is 1.56. The molecular formula is C31H26N4O6. The van der Waals surface area contributed by atoms with Crippen LogP contribution in [0.15, 0.2) is 97.1 Å². The minimum absolute atomic E-state index is 0.143. The molecule has 0 spiro atoms. The summed E-state index contributed by atoms with van der Waals surface area (Å²) in [7, 11) is 1.24. The molecule has 10 heteroatoms. The summed E-state index contributed by atoms with van der Waals surface area (Å²) < 4.78 is 4.78. The number of anilines is 4. The molecule has 0 aliphatic carbocycles. The fourth-order valence-corrected chi connectivity index (χ4v) is 4.01. The van der Waals surface area contributed by atoms with Gasteiger partial charge in [0.05, 0.1) is 52.1 Å². The van der Waals surface area contributed by atoms with Crippen LogP contribution in [0.4, 0.5) is 22.7 Å². The van der Waals surface area contributed by atoms with Gasteiger partial charge in [0.15, 0.2) is 0 Å². The molecule has 4 aromatic carbocycles. The summed E-state index contributed by atoms with van der Waals surface area (Å²) in [6.07, 6.45) is 0. The third-order valence-electron chi connectivity index (χ3n) is 5.90. The summed E-state index contributed by atoms with van der Waals surface area (Å²) in [5, 5.41) is 10.8. The van der Waals surface area contributed by atoms with Crippen LogP contribution in [0.2, 0.25) is 0 Å². The molecule has 0 saturated heterocycles. The van der Waals surface area contributed by atoms with Crippen LogP contribution >= 0.6 is 0 Å². The van der Waals surface area contributed by atoms with Crippen molar-refractivity contribution in [2.24, 2.45) is 0 Å². The highest BCUT2D eigenvalue weighted by Gasteiger charge is 2.20. The molecule has 4 N–H and O–H groups in total. The van der Waals surface area contributed by atoms with Gasteiger partial charge in [-0.1, -0.05) is 48.5 Å². The first-order chi connectivity index (χ1) is 19.8. The fraction of sp³-hybridized carbons (Fsp3) is 0.0645. The van der Waals surface area contributed by atoms with Crippen LogP contribution < -0.4 is 21.3 Å². The molecule has 0 unspecified atom stereocenters. The Morgan fingerprint density at radius 1 is 0.463 bits per heavy atom. The summed E-state index contributed by atoms with van der Waals surface area (Å²) in [6.45, 7) is 1.34. The fourth-order valence-electron chi connectivity index (χ4n) is 4.01. The first-order valence-electron chi connectivity index (χ1n) is 12.4. The number of nitrogens with one attached hydrogen (secondary N) is 4. The number of esters is 1. The Bertz CT molecular complexity index is 1650. The Kier molecular flexibility index (Phi) is 8.85. The van der Waals surface area contributed by atoms with Gasteiger partial charge in [0.1, 0.15) is 0 Å². The van der Waals surface area contributed by atoms with Crippen molar-refractivity contribution in [2.45, 2.75) is 6.92 Å². The van der Waals surface area contributed by atoms with Gasteiger partial charge in [-0.25, -0.2) is 4.79 Å². The largest absolute Gasteiger partial charge is 0.465 e. The molecule has 4 aromatic rings. The lowest BCUT2D eigenvalue weighted by Gasteiger charge is -2.15. The van der Waals surface area contributed by atoms with Crippen LogP contribution in [0.1, 0.15) is 48.4 Å². The third-order valence-corrected chi connectivity index (χ3v) is 5.90. The highest BCUT2D eigenvalue weighted by Crippen LogP contribution is 2.24. The average Bonchev–Trinajstić information content (AvgIpc) is 2.97. The van der Waals surface area contributed by atoms with E-state index in [2.05, 4.69) is 21.3 Å². The van der Waals surface area contributed by atoms with Crippen LogP contribution in [0.3, 0.4) is 0 Å². The Labute approximate surface area is 235 Å². The van der Waals surface area contributed by atoms with Crippen molar-refractivity contribution >= 4 is 52.3 Å². The number of carbonyl (C=O) groups is 5. The molecule has 41 heavy (non-hydrogen) atoms. The third kappa shape index (κ3) is 6.82. The van der Waals surface area contributed by atoms with E-state index in [1.54, 1.807) is 78.9 Å². The van der Waals surface area contributed by atoms with Crippen LogP contribution in [-0.2, 0) is 9.53 Å². The Hall–Kier alpha value is -5.77. The molecule has 0 heterocycles. The number of benzene rings is 4. The second-order valence-electron chi connectivity index (χ2n) is 8.72. The van der Waals surface area contributed by atoms with Gasteiger partial charge in [-0.15, -0.1) is 0 Å². The second-order valence-corrected chi connectivity index (χ2v) is 8.72. The Morgan fingerprint density at radius 3 is 1.10 bits per heavy atom. The molecule has 4 amide bonds. The van der Waals surface area contributed by atoms with Crippen LogP contribution in [-0.4, -0.2) is 36.7 Å². The quantitative estimate of drug-likeness (QED) is 0.223. The maximum Gasteiger partial charge on any atom is 0.339 e. The molecule has 4 rings (SSSR count). The molecule has 0 bridgehead atoms. The zero-order chi connectivity index (χ0) is 29.4. The number of hydrogen-bond donors (Lipinski definition) is 4. The summed E-state index contributed by atoms with van der Waals surface area (Å²) >= 11 is 0. The molecule has 0 saturated carbocycles. The second kappa shape index (κ2) is 12.9. The number of para-hydroxylation sites is 4. The normalized spacial score (nSPS) is 10.2. The Morgan fingerprint density at radius 2 is 0.756 bits per heavy atom. The number of hydrogen-bond acceptors (Lipinski definition) is 6. The van der Waals surface area contributed by atoms with Crippen LogP contribution in [0, 0.1) is 0 Å². The van der Waals surface area contributed by atoms with E-state index < -0.39 is 23.7 Å². The van der Waals surface area contributed by atoms with Crippen molar-refractivity contribution in [1.82, 2.24) is 0 Å². The highest BCUT2D eigenvalue weighted by molar-refractivity contribution is 6.17. The number of ether oxygens (including phenoxy) is 1. The monoisotopic (exact) mass is 550 g/mol. The predicted octanol–water partition coefficient (Wildman–Crippen LogP) is 5.19. The van der Waals surface area contributed by atoms with Gasteiger partial charge in [0, 0.05) is 6.92 Å². The van der Waals surface area contributed by atoms with E-state index in [-0.39, 0.29) is 45.2 Å². The van der Waals surface area contributed by atoms with E-state index in [1.165, 1.54) is 32.2 Å². The van der Waals surface area contributed by atoms with E-state index in [9.17, 15) is 24.0 Å². The molecule has 0 aromatic heterocycles. The number of amides is 4. The molecule has 0 aliphatic heterocycles. The van der Waals surface area contributed by atoms with Gasteiger partial charge in [0.25, 0.3) is 17.7 Å². The maximum absolute atomic E-state index is 13.4. The minimum Gasteiger partial charge on any atom is -0.465 e. The van der Waals surface area contributed by atoms with Gasteiger partial charge < -0.3 is 26.0 Å². The summed E-state index contributed by atoms with van der Waals surface area (Å²) in [6, 6.07) is 25.7. The van der Waals surface area contributed by atoms with Gasteiger partial charge >= 0.3 is 5.97 Å². The van der Waals surface area contributed by atoms with Gasteiger partial charge in [-0.3, -0.25) is 19.2 Å². The van der Waals surface area contributed by atoms with Gasteiger partial charge in [0.2, 0.25) is 5.91 Å². The number of rotatable bonds is 8. The first kappa shape index (κ1) is 28.2. The van der Waals surface area contributed by atoms with Crippen molar-refractivity contribution in [2.75, 3.05) is 28.4 Å². The summed E-state index contributed by atoms with van der Waals surface area (Å²) in [5.41, 5.74) is 1.69. The van der Waals surface area contributed by atoms with Crippen LogP contribution in [0.25, 0.3) is 0 Å².